The smallest absolute Gasteiger partial charge is 0.261 e. The number of sulfone groups is 1. The Balaban J connectivity index is 1.63. The third kappa shape index (κ3) is 5.23. The van der Waals surface area contributed by atoms with Crippen molar-refractivity contribution in [2.24, 2.45) is 0 Å². The minimum Gasteiger partial charge on any atom is -0.356 e. The van der Waals surface area contributed by atoms with Crippen molar-refractivity contribution in [3.05, 3.63) is 94.3 Å². The van der Waals surface area contributed by atoms with Gasteiger partial charge in [-0.1, -0.05) is 40.4 Å². The first-order valence-corrected chi connectivity index (χ1v) is 13.2. The van der Waals surface area contributed by atoms with Gasteiger partial charge in [0.05, 0.1) is 10.6 Å². The third-order valence-electron chi connectivity index (χ3n) is 5.46. The molecule has 0 saturated heterocycles. The van der Waals surface area contributed by atoms with Crippen LogP contribution in [-0.4, -0.2) is 28.8 Å². The van der Waals surface area contributed by atoms with Gasteiger partial charge in [0, 0.05) is 28.6 Å². The molecule has 12 heteroatoms. The van der Waals surface area contributed by atoms with Crippen molar-refractivity contribution in [2.75, 3.05) is 5.32 Å². The number of nitrogens with zero attached hydrogens (tertiary/aromatic N) is 2. The van der Waals surface area contributed by atoms with E-state index < -0.39 is 37.9 Å². The summed E-state index contributed by atoms with van der Waals surface area (Å²) in [7, 11) is -4.47. The van der Waals surface area contributed by atoms with Gasteiger partial charge in [0.15, 0.2) is 0 Å². The van der Waals surface area contributed by atoms with E-state index in [2.05, 4.69) is 20.2 Å². The summed E-state index contributed by atoms with van der Waals surface area (Å²) in [5.41, 5.74) is 1.74. The highest BCUT2D eigenvalue weighted by Gasteiger charge is 2.48. The number of hydrogen-bond donors (Lipinski definition) is 2. The Morgan fingerprint density at radius 1 is 1.06 bits per heavy atom. The molecule has 1 heterocycles. The van der Waals surface area contributed by atoms with Crippen molar-refractivity contribution in [3.8, 4) is 11.3 Å². The monoisotopic (exact) mass is 548 g/mol. The predicted molar refractivity (Wildman–Crippen MR) is 134 cm³/mol. The number of carbonyl (C=O) groups is 1. The van der Waals surface area contributed by atoms with Crippen LogP contribution < -0.4 is 10.6 Å². The summed E-state index contributed by atoms with van der Waals surface area (Å²) in [6.45, 7) is 1.07. The molecule has 2 N–H and O–H groups in total. The van der Waals surface area contributed by atoms with Crippen LogP contribution in [0.1, 0.15) is 12.5 Å². The molecule has 0 radical (unpaired) electrons. The van der Waals surface area contributed by atoms with Crippen molar-refractivity contribution < 1.29 is 22.0 Å². The Morgan fingerprint density at radius 2 is 1.75 bits per heavy atom. The fourth-order valence-electron chi connectivity index (χ4n) is 3.38. The number of anilines is 1. The second-order valence-corrected chi connectivity index (χ2v) is 11.3. The Labute approximate surface area is 215 Å². The lowest BCUT2D eigenvalue weighted by molar-refractivity contribution is -0.122. The summed E-state index contributed by atoms with van der Waals surface area (Å²) in [5, 5.41) is 11.1. The van der Waals surface area contributed by atoms with E-state index in [4.69, 9.17) is 11.6 Å². The van der Waals surface area contributed by atoms with Gasteiger partial charge < -0.3 is 10.6 Å². The number of nitrogens with one attached hydrogen (secondary N) is 2. The van der Waals surface area contributed by atoms with Gasteiger partial charge in [-0.2, -0.15) is 0 Å². The van der Waals surface area contributed by atoms with Crippen LogP contribution >= 0.6 is 23.1 Å². The normalized spacial score (nSPS) is 13.1. The van der Waals surface area contributed by atoms with E-state index in [0.717, 1.165) is 30.7 Å². The van der Waals surface area contributed by atoms with Gasteiger partial charge in [-0.05, 0) is 60.4 Å². The third-order valence-corrected chi connectivity index (χ3v) is 8.47. The highest BCUT2D eigenvalue weighted by atomic mass is 35.5. The van der Waals surface area contributed by atoms with Crippen LogP contribution in [0.25, 0.3) is 11.3 Å². The molecule has 0 unspecified atom stereocenters. The van der Waals surface area contributed by atoms with Crippen LogP contribution in [0.4, 0.5) is 14.5 Å². The van der Waals surface area contributed by atoms with E-state index in [1.807, 2.05) is 0 Å². The van der Waals surface area contributed by atoms with Gasteiger partial charge in [-0.3, -0.25) is 4.79 Å². The number of aromatic nitrogens is 2. The van der Waals surface area contributed by atoms with E-state index >= 15 is 0 Å². The van der Waals surface area contributed by atoms with Gasteiger partial charge in [0.2, 0.25) is 14.7 Å². The summed E-state index contributed by atoms with van der Waals surface area (Å²) in [6, 6.07) is 14.8. The van der Waals surface area contributed by atoms with E-state index in [1.165, 1.54) is 35.8 Å². The fourth-order valence-corrected chi connectivity index (χ4v) is 5.50. The minimum atomic E-state index is -4.47. The van der Waals surface area contributed by atoms with Gasteiger partial charge >= 0.3 is 0 Å². The zero-order chi connectivity index (χ0) is 25.9. The largest absolute Gasteiger partial charge is 0.356 e. The average Bonchev–Trinajstić information content (AvgIpc) is 3.40. The molecule has 4 aromatic rings. The highest BCUT2D eigenvalue weighted by molar-refractivity contribution is 7.93. The van der Waals surface area contributed by atoms with Crippen LogP contribution in [-0.2, 0) is 21.2 Å². The van der Waals surface area contributed by atoms with Crippen LogP contribution in [0.15, 0.2) is 77.0 Å². The zero-order valence-electron chi connectivity index (χ0n) is 18.7. The van der Waals surface area contributed by atoms with Crippen molar-refractivity contribution in [3.63, 3.8) is 0 Å². The molecule has 36 heavy (non-hydrogen) atoms. The Kier molecular flexibility index (Phi) is 7.34. The predicted octanol–water partition coefficient (Wildman–Crippen LogP) is 5.06. The lowest BCUT2D eigenvalue weighted by Gasteiger charge is -2.30. The molecule has 0 saturated carbocycles. The number of hydrogen-bond acceptors (Lipinski definition) is 7. The molecule has 0 aliphatic heterocycles. The van der Waals surface area contributed by atoms with Gasteiger partial charge in [0.1, 0.15) is 17.3 Å². The standard InChI is InChI=1S/C24H19ClF2N4O3S2/c1-24(29-21-12-18(26)8-11-20(21)27,36(33,34)19-9-6-17(25)7-10-19)23(32)28-13-15-2-4-16(5-3-15)22-14-35-31-30-22/h2-12,14,29H,13H2,1H3,(H,28,32)/t24-/m0/s1. The van der Waals surface area contributed by atoms with Gasteiger partial charge in [-0.15, -0.1) is 5.10 Å². The maximum absolute atomic E-state index is 14.4. The van der Waals surface area contributed by atoms with Crippen LogP contribution in [0.3, 0.4) is 0 Å². The van der Waals surface area contributed by atoms with E-state index in [0.29, 0.717) is 16.3 Å². The Hall–Kier alpha value is -3.41. The molecule has 0 aliphatic rings. The number of amides is 1. The number of carbonyl (C=O) groups excluding carboxylic acids is 1. The van der Waals surface area contributed by atoms with Crippen molar-refractivity contribution in [1.82, 2.24) is 14.9 Å². The molecule has 1 aromatic heterocycles. The molecule has 3 aromatic carbocycles. The minimum absolute atomic E-state index is 0.0204. The topological polar surface area (TPSA) is 101 Å². The molecule has 186 valence electrons. The molecular weight excluding hydrogens is 530 g/mol. The second kappa shape index (κ2) is 10.3. The Bertz CT molecular complexity index is 1480. The molecule has 4 rings (SSSR count). The van der Waals surface area contributed by atoms with Crippen LogP contribution in [0, 0.1) is 11.6 Å². The molecule has 7 nitrogen and oxygen atoms in total. The molecule has 0 bridgehead atoms. The Morgan fingerprint density at radius 3 is 2.39 bits per heavy atom. The molecule has 1 atom stereocenters. The van der Waals surface area contributed by atoms with Gasteiger partial charge in [0.25, 0.3) is 5.91 Å². The van der Waals surface area contributed by atoms with Crippen LogP contribution in [0.2, 0.25) is 5.02 Å². The molecular formula is C24H19ClF2N4O3S2. The van der Waals surface area contributed by atoms with E-state index in [9.17, 15) is 22.0 Å². The average molecular weight is 549 g/mol. The van der Waals surface area contributed by atoms with E-state index in [1.54, 1.807) is 29.6 Å². The maximum atomic E-state index is 14.4. The molecule has 0 spiro atoms. The lowest BCUT2D eigenvalue weighted by Crippen LogP contribution is -2.55. The summed E-state index contributed by atoms with van der Waals surface area (Å²) in [6.07, 6.45) is 0. The van der Waals surface area contributed by atoms with Gasteiger partial charge in [-0.25, -0.2) is 17.2 Å². The van der Waals surface area contributed by atoms with E-state index in [-0.39, 0.29) is 11.4 Å². The fraction of sp³-hybridized carbons (Fsp3) is 0.125. The summed E-state index contributed by atoms with van der Waals surface area (Å²) in [4.78, 5) is 10.7. The second-order valence-electron chi connectivity index (χ2n) is 7.91. The SMILES string of the molecule is C[C@@](Nc1cc(F)ccc1F)(C(=O)NCc1ccc(-c2csnn2)cc1)S(=O)(=O)c1ccc(Cl)cc1. The van der Waals surface area contributed by atoms with Crippen molar-refractivity contribution in [1.29, 1.82) is 0 Å². The highest BCUT2D eigenvalue weighted by Crippen LogP contribution is 2.30. The number of benzene rings is 3. The zero-order valence-corrected chi connectivity index (χ0v) is 21.1. The summed E-state index contributed by atoms with van der Waals surface area (Å²) < 4.78 is 59.3. The summed E-state index contributed by atoms with van der Waals surface area (Å²) >= 11 is 7.10. The van der Waals surface area contributed by atoms with Crippen LogP contribution in [0.5, 0.6) is 0 Å². The quantitative estimate of drug-likeness (QED) is 0.319. The molecule has 0 aliphatic carbocycles. The van der Waals surface area contributed by atoms with Crippen molar-refractivity contribution in [2.45, 2.75) is 23.2 Å². The molecule has 0 fully saturated rings. The lowest BCUT2D eigenvalue weighted by atomic mass is 10.1. The summed E-state index contributed by atoms with van der Waals surface area (Å²) in [5.74, 6) is -2.69. The van der Waals surface area contributed by atoms with Crippen molar-refractivity contribution >= 4 is 44.6 Å². The maximum Gasteiger partial charge on any atom is 0.261 e. The first-order valence-electron chi connectivity index (χ1n) is 10.5. The number of rotatable bonds is 8. The number of halogens is 3. The first kappa shape index (κ1) is 25.7. The molecule has 1 amide bonds. The first-order chi connectivity index (χ1) is 17.1.